The minimum Gasteiger partial charge on any atom is -0.363 e. The zero-order valence-electron chi connectivity index (χ0n) is 9.59. The highest BCUT2D eigenvalue weighted by atomic mass is 32.1. The second kappa shape index (κ2) is 5.15. The SMILES string of the molecule is CCCNC(=S)NC[C@H]1C[C@H]2CC[C@H]1C2. The van der Waals surface area contributed by atoms with E-state index in [4.69, 9.17) is 12.2 Å². The Morgan fingerprint density at radius 2 is 2.13 bits per heavy atom. The van der Waals surface area contributed by atoms with Crippen LogP contribution in [-0.4, -0.2) is 18.2 Å². The van der Waals surface area contributed by atoms with Gasteiger partial charge in [0.1, 0.15) is 0 Å². The average molecular weight is 226 g/mol. The first-order chi connectivity index (χ1) is 7.29. The third-order valence-electron chi connectivity index (χ3n) is 3.94. The predicted molar refractivity (Wildman–Crippen MR) is 67.8 cm³/mol. The van der Waals surface area contributed by atoms with Crippen molar-refractivity contribution in [2.75, 3.05) is 13.1 Å². The molecule has 2 fully saturated rings. The van der Waals surface area contributed by atoms with Crippen LogP contribution in [0, 0.1) is 17.8 Å². The van der Waals surface area contributed by atoms with Crippen LogP contribution in [0.2, 0.25) is 0 Å². The van der Waals surface area contributed by atoms with E-state index < -0.39 is 0 Å². The van der Waals surface area contributed by atoms with Crippen LogP contribution >= 0.6 is 12.2 Å². The molecule has 3 heteroatoms. The van der Waals surface area contributed by atoms with Gasteiger partial charge in [-0.05, 0) is 55.7 Å². The number of hydrogen-bond donors (Lipinski definition) is 2. The first-order valence-electron chi connectivity index (χ1n) is 6.31. The fourth-order valence-corrected chi connectivity index (χ4v) is 3.34. The van der Waals surface area contributed by atoms with Crippen molar-refractivity contribution in [1.29, 1.82) is 0 Å². The summed E-state index contributed by atoms with van der Waals surface area (Å²) in [5, 5.41) is 7.43. The predicted octanol–water partition coefficient (Wildman–Crippen LogP) is 2.30. The first-order valence-corrected chi connectivity index (χ1v) is 6.72. The van der Waals surface area contributed by atoms with Crippen molar-refractivity contribution in [3.05, 3.63) is 0 Å². The average Bonchev–Trinajstić information content (AvgIpc) is 2.84. The standard InChI is InChI=1S/C12H22N2S/c1-2-5-13-12(15)14-8-11-7-9-3-4-10(11)6-9/h9-11H,2-8H2,1H3,(H2,13,14,15)/t9-,10-,11+/m0/s1. The van der Waals surface area contributed by atoms with Gasteiger partial charge in [-0.15, -0.1) is 0 Å². The molecule has 2 aliphatic carbocycles. The zero-order chi connectivity index (χ0) is 10.7. The normalized spacial score (nSPS) is 33.0. The molecule has 0 unspecified atom stereocenters. The van der Waals surface area contributed by atoms with E-state index in [9.17, 15) is 0 Å². The molecule has 0 aliphatic heterocycles. The maximum Gasteiger partial charge on any atom is 0.166 e. The van der Waals surface area contributed by atoms with Crippen LogP contribution in [-0.2, 0) is 0 Å². The number of hydrogen-bond acceptors (Lipinski definition) is 1. The van der Waals surface area contributed by atoms with Gasteiger partial charge >= 0.3 is 0 Å². The molecule has 3 atom stereocenters. The van der Waals surface area contributed by atoms with Gasteiger partial charge in [0.15, 0.2) is 5.11 Å². The van der Waals surface area contributed by atoms with E-state index in [1.54, 1.807) is 0 Å². The van der Waals surface area contributed by atoms with Crippen molar-refractivity contribution in [1.82, 2.24) is 10.6 Å². The van der Waals surface area contributed by atoms with Crippen LogP contribution in [0.5, 0.6) is 0 Å². The monoisotopic (exact) mass is 226 g/mol. The number of fused-ring (bicyclic) bond motifs is 2. The number of nitrogens with one attached hydrogen (secondary N) is 2. The lowest BCUT2D eigenvalue weighted by molar-refractivity contribution is 0.332. The van der Waals surface area contributed by atoms with Crippen LogP contribution in [0.25, 0.3) is 0 Å². The summed E-state index contributed by atoms with van der Waals surface area (Å²) >= 11 is 5.22. The number of thiocarbonyl (C=S) groups is 1. The van der Waals surface area contributed by atoms with E-state index in [2.05, 4.69) is 17.6 Å². The Morgan fingerprint density at radius 3 is 2.73 bits per heavy atom. The summed E-state index contributed by atoms with van der Waals surface area (Å²) in [5.74, 6) is 2.93. The molecule has 15 heavy (non-hydrogen) atoms. The van der Waals surface area contributed by atoms with Crippen molar-refractivity contribution >= 4 is 17.3 Å². The third-order valence-corrected chi connectivity index (χ3v) is 4.23. The van der Waals surface area contributed by atoms with E-state index >= 15 is 0 Å². The summed E-state index contributed by atoms with van der Waals surface area (Å²) in [6, 6.07) is 0. The molecule has 86 valence electrons. The lowest BCUT2D eigenvalue weighted by Gasteiger charge is -2.22. The molecule has 0 spiro atoms. The summed E-state index contributed by atoms with van der Waals surface area (Å²) in [4.78, 5) is 0. The van der Waals surface area contributed by atoms with Crippen molar-refractivity contribution < 1.29 is 0 Å². The Balaban J connectivity index is 1.64. The smallest absolute Gasteiger partial charge is 0.166 e. The van der Waals surface area contributed by atoms with E-state index in [1.807, 2.05) is 0 Å². The van der Waals surface area contributed by atoms with E-state index in [-0.39, 0.29) is 0 Å². The van der Waals surface area contributed by atoms with Gasteiger partial charge in [0, 0.05) is 13.1 Å². The highest BCUT2D eigenvalue weighted by molar-refractivity contribution is 7.80. The molecular formula is C12H22N2S. The molecule has 0 aromatic heterocycles. The molecule has 0 amide bonds. The van der Waals surface area contributed by atoms with Crippen LogP contribution < -0.4 is 10.6 Å². The van der Waals surface area contributed by atoms with E-state index in [0.717, 1.165) is 42.4 Å². The van der Waals surface area contributed by atoms with Crippen LogP contribution in [0.15, 0.2) is 0 Å². The Hall–Kier alpha value is -0.310. The summed E-state index contributed by atoms with van der Waals surface area (Å²) in [5.41, 5.74) is 0. The molecule has 0 radical (unpaired) electrons. The maximum absolute atomic E-state index is 5.22. The lowest BCUT2D eigenvalue weighted by atomic mass is 9.89. The van der Waals surface area contributed by atoms with Crippen molar-refractivity contribution in [2.45, 2.75) is 39.0 Å². The molecule has 0 aromatic rings. The summed E-state index contributed by atoms with van der Waals surface area (Å²) in [7, 11) is 0. The molecule has 0 aromatic carbocycles. The van der Waals surface area contributed by atoms with Crippen molar-refractivity contribution in [3.8, 4) is 0 Å². The molecule has 2 rings (SSSR count). The zero-order valence-corrected chi connectivity index (χ0v) is 10.4. The minimum atomic E-state index is 0.847. The Kier molecular flexibility index (Phi) is 3.84. The molecule has 0 heterocycles. The Morgan fingerprint density at radius 1 is 1.27 bits per heavy atom. The lowest BCUT2D eigenvalue weighted by Crippen LogP contribution is -2.39. The highest BCUT2D eigenvalue weighted by Crippen LogP contribution is 2.47. The third kappa shape index (κ3) is 2.83. The fraction of sp³-hybridized carbons (Fsp3) is 0.917. The molecule has 2 aliphatic rings. The van der Waals surface area contributed by atoms with Gasteiger partial charge in [-0.2, -0.15) is 0 Å². The topological polar surface area (TPSA) is 24.1 Å². The molecule has 2 nitrogen and oxygen atoms in total. The van der Waals surface area contributed by atoms with Gasteiger partial charge in [0.05, 0.1) is 0 Å². The van der Waals surface area contributed by atoms with Crippen molar-refractivity contribution in [2.24, 2.45) is 17.8 Å². The molecule has 2 N–H and O–H groups in total. The van der Waals surface area contributed by atoms with Crippen LogP contribution in [0.3, 0.4) is 0 Å². The van der Waals surface area contributed by atoms with Crippen molar-refractivity contribution in [3.63, 3.8) is 0 Å². The summed E-state index contributed by atoms with van der Waals surface area (Å²) in [6.45, 7) is 4.24. The maximum atomic E-state index is 5.22. The summed E-state index contributed by atoms with van der Waals surface area (Å²) in [6.07, 6.45) is 7.01. The molecule has 2 saturated carbocycles. The second-order valence-corrected chi connectivity index (χ2v) is 5.48. The van der Waals surface area contributed by atoms with Gasteiger partial charge in [-0.1, -0.05) is 13.3 Å². The molecule has 2 bridgehead atoms. The fourth-order valence-electron chi connectivity index (χ4n) is 3.15. The highest BCUT2D eigenvalue weighted by Gasteiger charge is 2.39. The van der Waals surface area contributed by atoms with Gasteiger partial charge in [-0.3, -0.25) is 0 Å². The largest absolute Gasteiger partial charge is 0.363 e. The van der Waals surface area contributed by atoms with Gasteiger partial charge < -0.3 is 10.6 Å². The quantitative estimate of drug-likeness (QED) is 0.719. The molecule has 0 saturated heterocycles. The van der Waals surface area contributed by atoms with Gasteiger partial charge in [0.2, 0.25) is 0 Å². The Bertz CT molecular complexity index is 230. The Labute approximate surface area is 98.2 Å². The first kappa shape index (κ1) is 11.2. The molecular weight excluding hydrogens is 204 g/mol. The van der Waals surface area contributed by atoms with Gasteiger partial charge in [-0.25, -0.2) is 0 Å². The second-order valence-electron chi connectivity index (χ2n) is 5.07. The van der Waals surface area contributed by atoms with Crippen LogP contribution in [0.1, 0.15) is 39.0 Å². The van der Waals surface area contributed by atoms with E-state index in [0.29, 0.717) is 0 Å². The number of rotatable bonds is 4. The minimum absolute atomic E-state index is 0.847. The van der Waals surface area contributed by atoms with E-state index in [1.165, 1.54) is 25.7 Å². The van der Waals surface area contributed by atoms with Gasteiger partial charge in [0.25, 0.3) is 0 Å². The summed E-state index contributed by atoms with van der Waals surface area (Å²) < 4.78 is 0. The van der Waals surface area contributed by atoms with Crippen LogP contribution in [0.4, 0.5) is 0 Å².